The van der Waals surface area contributed by atoms with Crippen LogP contribution in [0, 0.1) is 10.1 Å². The van der Waals surface area contributed by atoms with Gasteiger partial charge in [0, 0.05) is 5.92 Å². The molecular weight excluding hydrogens is 172 g/mol. The Morgan fingerprint density at radius 2 is 2.31 bits per heavy atom. The van der Waals surface area contributed by atoms with Crippen LogP contribution in [0.3, 0.4) is 0 Å². The first-order valence-corrected chi connectivity index (χ1v) is 3.95. The van der Waals surface area contributed by atoms with Gasteiger partial charge in [0.05, 0.1) is 4.92 Å². The summed E-state index contributed by atoms with van der Waals surface area (Å²) in [5, 5.41) is 10.4. The van der Waals surface area contributed by atoms with Crippen molar-refractivity contribution in [2.75, 3.05) is 5.73 Å². The molecule has 1 aromatic heterocycles. The molecule has 2 rings (SSSR count). The van der Waals surface area contributed by atoms with Gasteiger partial charge in [-0.15, -0.1) is 0 Å². The summed E-state index contributed by atoms with van der Waals surface area (Å²) < 4.78 is 0. The molecule has 6 heteroatoms. The molecule has 0 saturated heterocycles. The molecule has 0 atom stereocenters. The highest BCUT2D eigenvalue weighted by Gasteiger charge is 2.28. The standard InChI is InChI=1S/C7H8N4O2/c8-6-5(11(12)13)3-9-7(10-6)4-1-2-4/h3-4H,1-2H2,(H2,8,9,10). The predicted molar refractivity (Wildman–Crippen MR) is 45.1 cm³/mol. The van der Waals surface area contributed by atoms with Crippen LogP contribution in [-0.4, -0.2) is 14.9 Å². The highest BCUT2D eigenvalue weighted by atomic mass is 16.6. The maximum absolute atomic E-state index is 10.4. The molecule has 0 bridgehead atoms. The zero-order chi connectivity index (χ0) is 9.42. The number of nitrogens with two attached hydrogens (primary N) is 1. The zero-order valence-electron chi connectivity index (χ0n) is 6.80. The number of nitrogens with zero attached hydrogens (tertiary/aromatic N) is 3. The van der Waals surface area contributed by atoms with Crippen LogP contribution in [0.15, 0.2) is 6.20 Å². The van der Waals surface area contributed by atoms with Gasteiger partial charge in [0.25, 0.3) is 0 Å². The summed E-state index contributed by atoms with van der Waals surface area (Å²) in [7, 11) is 0. The van der Waals surface area contributed by atoms with E-state index in [0.29, 0.717) is 11.7 Å². The van der Waals surface area contributed by atoms with Crippen molar-refractivity contribution in [3.05, 3.63) is 22.1 Å². The lowest BCUT2D eigenvalue weighted by Crippen LogP contribution is -2.02. The lowest BCUT2D eigenvalue weighted by atomic mass is 10.4. The van der Waals surface area contributed by atoms with E-state index in [-0.39, 0.29) is 11.5 Å². The van der Waals surface area contributed by atoms with Crippen molar-refractivity contribution in [3.8, 4) is 0 Å². The Bertz CT molecular complexity index is 362. The lowest BCUT2D eigenvalue weighted by Gasteiger charge is -1.98. The van der Waals surface area contributed by atoms with Crippen molar-refractivity contribution in [2.45, 2.75) is 18.8 Å². The van der Waals surface area contributed by atoms with E-state index < -0.39 is 4.92 Å². The number of nitrogen functional groups attached to an aromatic ring is 1. The summed E-state index contributed by atoms with van der Waals surface area (Å²) in [5.74, 6) is 0.952. The molecule has 1 aliphatic carbocycles. The highest BCUT2D eigenvalue weighted by molar-refractivity contribution is 5.50. The fraction of sp³-hybridized carbons (Fsp3) is 0.429. The first-order chi connectivity index (χ1) is 6.18. The lowest BCUT2D eigenvalue weighted by molar-refractivity contribution is -0.384. The Morgan fingerprint density at radius 3 is 2.77 bits per heavy atom. The molecule has 0 aromatic carbocycles. The van der Waals surface area contributed by atoms with E-state index in [1.165, 1.54) is 6.20 Å². The van der Waals surface area contributed by atoms with Crippen molar-refractivity contribution >= 4 is 11.5 Å². The molecule has 13 heavy (non-hydrogen) atoms. The molecule has 0 aliphatic heterocycles. The molecular formula is C7H8N4O2. The van der Waals surface area contributed by atoms with E-state index >= 15 is 0 Å². The van der Waals surface area contributed by atoms with Gasteiger partial charge >= 0.3 is 5.69 Å². The summed E-state index contributed by atoms with van der Waals surface area (Å²) in [6.45, 7) is 0. The van der Waals surface area contributed by atoms with Gasteiger partial charge in [-0.2, -0.15) is 0 Å². The first-order valence-electron chi connectivity index (χ1n) is 3.95. The largest absolute Gasteiger partial charge is 0.378 e. The third kappa shape index (κ3) is 1.42. The summed E-state index contributed by atoms with van der Waals surface area (Å²) in [6.07, 6.45) is 3.28. The molecule has 0 amide bonds. The molecule has 68 valence electrons. The fourth-order valence-electron chi connectivity index (χ4n) is 1.08. The third-order valence-corrected chi connectivity index (χ3v) is 1.96. The minimum atomic E-state index is -0.577. The Kier molecular flexibility index (Phi) is 1.61. The van der Waals surface area contributed by atoms with E-state index in [9.17, 15) is 10.1 Å². The second-order valence-electron chi connectivity index (χ2n) is 3.03. The average molecular weight is 180 g/mol. The Morgan fingerprint density at radius 1 is 1.62 bits per heavy atom. The quantitative estimate of drug-likeness (QED) is 0.537. The molecule has 0 radical (unpaired) electrons. The van der Waals surface area contributed by atoms with Crippen LogP contribution in [0.5, 0.6) is 0 Å². The molecule has 1 aliphatic rings. The Labute approximate surface area is 74.0 Å². The molecule has 0 unspecified atom stereocenters. The zero-order valence-corrected chi connectivity index (χ0v) is 6.80. The van der Waals surface area contributed by atoms with Crippen molar-refractivity contribution < 1.29 is 4.92 Å². The van der Waals surface area contributed by atoms with E-state index in [0.717, 1.165) is 12.8 Å². The number of aromatic nitrogens is 2. The van der Waals surface area contributed by atoms with Crippen LogP contribution in [0.25, 0.3) is 0 Å². The summed E-state index contributed by atoms with van der Waals surface area (Å²) >= 11 is 0. The SMILES string of the molecule is Nc1nc(C2CC2)ncc1[N+](=O)[O-]. The van der Waals surface area contributed by atoms with Crippen LogP contribution in [0.2, 0.25) is 0 Å². The van der Waals surface area contributed by atoms with Crippen LogP contribution in [0.4, 0.5) is 11.5 Å². The third-order valence-electron chi connectivity index (χ3n) is 1.96. The van der Waals surface area contributed by atoms with Gasteiger partial charge in [0.15, 0.2) is 0 Å². The van der Waals surface area contributed by atoms with E-state index in [2.05, 4.69) is 9.97 Å². The summed E-state index contributed by atoms with van der Waals surface area (Å²) in [6, 6.07) is 0. The molecule has 6 nitrogen and oxygen atoms in total. The fourth-order valence-corrected chi connectivity index (χ4v) is 1.08. The number of hydrogen-bond donors (Lipinski definition) is 1. The predicted octanol–water partition coefficient (Wildman–Crippen LogP) is 0.844. The number of hydrogen-bond acceptors (Lipinski definition) is 5. The summed E-state index contributed by atoms with van der Waals surface area (Å²) in [4.78, 5) is 17.6. The van der Waals surface area contributed by atoms with Gasteiger partial charge in [0.1, 0.15) is 12.0 Å². The maximum Gasteiger partial charge on any atom is 0.329 e. The minimum absolute atomic E-state index is 0.0399. The maximum atomic E-state index is 10.4. The van der Waals surface area contributed by atoms with Gasteiger partial charge in [-0.05, 0) is 12.8 Å². The molecule has 0 spiro atoms. The van der Waals surface area contributed by atoms with Crippen molar-refractivity contribution in [3.63, 3.8) is 0 Å². The molecule has 1 aromatic rings. The van der Waals surface area contributed by atoms with Crippen LogP contribution >= 0.6 is 0 Å². The van der Waals surface area contributed by atoms with Gasteiger partial charge in [-0.1, -0.05) is 0 Å². The van der Waals surface area contributed by atoms with Gasteiger partial charge in [0.2, 0.25) is 5.82 Å². The van der Waals surface area contributed by atoms with Crippen LogP contribution in [0.1, 0.15) is 24.6 Å². The van der Waals surface area contributed by atoms with Crippen molar-refractivity contribution in [1.82, 2.24) is 9.97 Å². The van der Waals surface area contributed by atoms with Gasteiger partial charge < -0.3 is 5.73 Å². The topological polar surface area (TPSA) is 94.9 Å². The van der Waals surface area contributed by atoms with E-state index in [4.69, 9.17) is 5.73 Å². The van der Waals surface area contributed by atoms with Gasteiger partial charge in [-0.3, -0.25) is 10.1 Å². The first kappa shape index (κ1) is 7.90. The van der Waals surface area contributed by atoms with Crippen molar-refractivity contribution in [2.24, 2.45) is 0 Å². The smallest absolute Gasteiger partial charge is 0.329 e. The average Bonchev–Trinajstić information content (AvgIpc) is 2.85. The van der Waals surface area contributed by atoms with Crippen molar-refractivity contribution in [1.29, 1.82) is 0 Å². The minimum Gasteiger partial charge on any atom is -0.378 e. The molecule has 2 N–H and O–H groups in total. The van der Waals surface area contributed by atoms with Crippen LogP contribution in [-0.2, 0) is 0 Å². The van der Waals surface area contributed by atoms with E-state index in [1.54, 1.807) is 0 Å². The number of anilines is 1. The molecule has 1 heterocycles. The second kappa shape index (κ2) is 2.65. The normalized spacial score (nSPS) is 15.7. The molecule has 1 fully saturated rings. The second-order valence-corrected chi connectivity index (χ2v) is 3.03. The summed E-state index contributed by atoms with van der Waals surface area (Å²) in [5.41, 5.74) is 5.18. The van der Waals surface area contributed by atoms with Crippen LogP contribution < -0.4 is 5.73 Å². The number of nitro groups is 1. The number of rotatable bonds is 2. The van der Waals surface area contributed by atoms with Gasteiger partial charge in [-0.25, -0.2) is 9.97 Å². The Hall–Kier alpha value is -1.72. The monoisotopic (exact) mass is 180 g/mol. The highest BCUT2D eigenvalue weighted by Crippen LogP contribution is 2.38. The Balaban J connectivity index is 2.36. The van der Waals surface area contributed by atoms with E-state index in [1.807, 2.05) is 0 Å². The molecule has 1 saturated carbocycles.